The van der Waals surface area contributed by atoms with Crippen molar-refractivity contribution in [3.63, 3.8) is 0 Å². The molecule has 0 aliphatic carbocycles. The Bertz CT molecular complexity index is 140. The molecule has 0 saturated carbocycles. The van der Waals surface area contributed by atoms with E-state index in [4.69, 9.17) is 21.8 Å². The fraction of sp³-hybridized carbons (Fsp3) is 0.600. The summed E-state index contributed by atoms with van der Waals surface area (Å²) in [5.41, 5.74) is 0. The van der Waals surface area contributed by atoms with Gasteiger partial charge in [0.1, 0.15) is 0 Å². The summed E-state index contributed by atoms with van der Waals surface area (Å²) in [6.45, 7) is 1.33. The van der Waals surface area contributed by atoms with E-state index in [2.05, 4.69) is 0 Å². The lowest BCUT2D eigenvalue weighted by Gasteiger charge is -2.07. The molecule has 4 nitrogen and oxygen atoms in total. The molecule has 0 aliphatic rings. The van der Waals surface area contributed by atoms with Gasteiger partial charge in [0.25, 0.3) is 0 Å². The molecule has 0 rings (SSSR count). The van der Waals surface area contributed by atoms with Crippen LogP contribution in [0.4, 0.5) is 0 Å². The van der Waals surface area contributed by atoms with Crippen molar-refractivity contribution in [1.29, 1.82) is 0 Å². The molecule has 1 unspecified atom stereocenters. The number of hydrogen-bond donors (Lipinski definition) is 2. The van der Waals surface area contributed by atoms with Gasteiger partial charge in [-0.3, -0.25) is 9.59 Å². The Morgan fingerprint density at radius 1 is 1.30 bits per heavy atom. The van der Waals surface area contributed by atoms with Crippen molar-refractivity contribution < 1.29 is 19.8 Å². The van der Waals surface area contributed by atoms with Crippen molar-refractivity contribution >= 4 is 23.5 Å². The van der Waals surface area contributed by atoms with Crippen LogP contribution in [0.15, 0.2) is 0 Å². The normalized spacial score (nSPS) is 13.1. The maximum absolute atomic E-state index is 10.1. The number of rotatable bonds is 3. The van der Waals surface area contributed by atoms with Gasteiger partial charge in [-0.15, -0.1) is 11.6 Å². The Morgan fingerprint density at radius 3 is 1.60 bits per heavy atom. The number of alkyl halides is 1. The molecule has 0 aromatic carbocycles. The van der Waals surface area contributed by atoms with E-state index in [1.807, 2.05) is 0 Å². The molecule has 0 aromatic rings. The number of carboxylic acids is 2. The molecule has 0 bridgehead atoms. The van der Waals surface area contributed by atoms with Crippen molar-refractivity contribution in [3.05, 3.63) is 0 Å². The van der Waals surface area contributed by atoms with Crippen molar-refractivity contribution in [2.75, 3.05) is 0 Å². The highest BCUT2D eigenvalue weighted by atomic mass is 35.5. The first-order valence-electron chi connectivity index (χ1n) is 2.56. The number of carbonyl (C=O) groups is 2. The van der Waals surface area contributed by atoms with Gasteiger partial charge in [-0.05, 0) is 6.92 Å². The molecule has 0 aromatic heterocycles. The fourth-order valence-corrected chi connectivity index (χ4v) is 0.714. The molecule has 2 N–H and O–H groups in total. The van der Waals surface area contributed by atoms with Crippen LogP contribution in [0.5, 0.6) is 0 Å². The third kappa shape index (κ3) is 2.23. The van der Waals surface area contributed by atoms with E-state index >= 15 is 0 Å². The summed E-state index contributed by atoms with van der Waals surface area (Å²) in [7, 11) is 0. The van der Waals surface area contributed by atoms with Gasteiger partial charge in [0.05, 0.1) is 5.38 Å². The summed E-state index contributed by atoms with van der Waals surface area (Å²) >= 11 is 5.27. The Balaban J connectivity index is 4.27. The number of aliphatic carboxylic acids is 2. The SMILES string of the molecule is CC(Cl)C(C(=O)O)C(=O)O. The van der Waals surface area contributed by atoms with Crippen molar-refractivity contribution in [1.82, 2.24) is 0 Å². The third-order valence-electron chi connectivity index (χ3n) is 0.991. The second kappa shape index (κ2) is 3.41. The summed E-state index contributed by atoms with van der Waals surface area (Å²) in [5.74, 6) is -4.33. The molecule has 1 atom stereocenters. The van der Waals surface area contributed by atoms with E-state index in [9.17, 15) is 9.59 Å². The highest BCUT2D eigenvalue weighted by molar-refractivity contribution is 6.23. The topological polar surface area (TPSA) is 74.6 Å². The Kier molecular flexibility index (Phi) is 3.15. The van der Waals surface area contributed by atoms with Crippen LogP contribution in [0.1, 0.15) is 6.92 Å². The average molecular weight is 167 g/mol. The number of carboxylic acid groups (broad SMARTS) is 2. The Hall–Kier alpha value is -0.770. The summed E-state index contributed by atoms with van der Waals surface area (Å²) in [5, 5.41) is 15.6. The van der Waals surface area contributed by atoms with Gasteiger partial charge in [-0.25, -0.2) is 0 Å². The predicted octanol–water partition coefficient (Wildman–Crippen LogP) is 0.399. The zero-order valence-electron chi connectivity index (χ0n) is 5.24. The summed E-state index contributed by atoms with van der Waals surface area (Å²) in [4.78, 5) is 20.2. The maximum atomic E-state index is 10.1. The predicted molar refractivity (Wildman–Crippen MR) is 34.1 cm³/mol. The van der Waals surface area contributed by atoms with Crippen LogP contribution < -0.4 is 0 Å². The van der Waals surface area contributed by atoms with E-state index < -0.39 is 23.2 Å². The molecule has 0 saturated heterocycles. The van der Waals surface area contributed by atoms with Gasteiger partial charge in [0.15, 0.2) is 5.92 Å². The smallest absolute Gasteiger partial charge is 0.319 e. The largest absolute Gasteiger partial charge is 0.481 e. The Labute approximate surface area is 62.4 Å². The molecule has 0 spiro atoms. The first-order valence-corrected chi connectivity index (χ1v) is 3.00. The quantitative estimate of drug-likeness (QED) is 0.470. The molecule has 5 heteroatoms. The van der Waals surface area contributed by atoms with Crippen molar-refractivity contribution in [3.8, 4) is 0 Å². The first kappa shape index (κ1) is 9.23. The van der Waals surface area contributed by atoms with Crippen LogP contribution in [0.2, 0.25) is 0 Å². The second-order valence-electron chi connectivity index (χ2n) is 1.83. The summed E-state index contributed by atoms with van der Waals surface area (Å²) < 4.78 is 0. The molecule has 0 fully saturated rings. The molecule has 10 heavy (non-hydrogen) atoms. The minimum Gasteiger partial charge on any atom is -0.481 e. The van der Waals surface area contributed by atoms with Gasteiger partial charge >= 0.3 is 11.9 Å². The van der Waals surface area contributed by atoms with E-state index in [0.717, 1.165) is 0 Å². The molecular formula is C5H7ClO4. The van der Waals surface area contributed by atoms with Gasteiger partial charge in [0.2, 0.25) is 0 Å². The summed E-state index contributed by atoms with van der Waals surface area (Å²) in [6, 6.07) is 0. The van der Waals surface area contributed by atoms with Crippen LogP contribution in [0, 0.1) is 5.92 Å². The van der Waals surface area contributed by atoms with Crippen molar-refractivity contribution in [2.45, 2.75) is 12.3 Å². The van der Waals surface area contributed by atoms with E-state index in [1.54, 1.807) is 0 Å². The van der Waals surface area contributed by atoms with Crippen LogP contribution in [-0.2, 0) is 9.59 Å². The molecule has 58 valence electrons. The van der Waals surface area contributed by atoms with E-state index in [1.165, 1.54) is 6.92 Å². The zero-order valence-corrected chi connectivity index (χ0v) is 6.00. The molecular weight excluding hydrogens is 160 g/mol. The molecule has 0 aliphatic heterocycles. The molecule has 0 heterocycles. The van der Waals surface area contributed by atoms with Crippen LogP contribution in [0.25, 0.3) is 0 Å². The van der Waals surface area contributed by atoms with E-state index in [0.29, 0.717) is 0 Å². The monoisotopic (exact) mass is 166 g/mol. The van der Waals surface area contributed by atoms with Gasteiger partial charge < -0.3 is 10.2 Å². The molecule has 0 amide bonds. The van der Waals surface area contributed by atoms with Gasteiger partial charge in [-0.2, -0.15) is 0 Å². The van der Waals surface area contributed by atoms with Gasteiger partial charge in [-0.1, -0.05) is 0 Å². The van der Waals surface area contributed by atoms with Crippen LogP contribution in [0.3, 0.4) is 0 Å². The highest BCUT2D eigenvalue weighted by Gasteiger charge is 2.30. The lowest BCUT2D eigenvalue weighted by Crippen LogP contribution is -2.30. The zero-order chi connectivity index (χ0) is 8.31. The number of halogens is 1. The van der Waals surface area contributed by atoms with Crippen LogP contribution in [-0.4, -0.2) is 27.5 Å². The minimum atomic E-state index is -1.51. The second-order valence-corrected chi connectivity index (χ2v) is 2.52. The van der Waals surface area contributed by atoms with Crippen LogP contribution >= 0.6 is 11.6 Å². The minimum absolute atomic E-state index is 0.894. The highest BCUT2D eigenvalue weighted by Crippen LogP contribution is 2.10. The molecule has 0 radical (unpaired) electrons. The van der Waals surface area contributed by atoms with E-state index in [-0.39, 0.29) is 0 Å². The maximum Gasteiger partial charge on any atom is 0.319 e. The third-order valence-corrected chi connectivity index (χ3v) is 1.24. The summed E-state index contributed by atoms with van der Waals surface area (Å²) in [6.07, 6.45) is 0. The van der Waals surface area contributed by atoms with Crippen molar-refractivity contribution in [2.24, 2.45) is 5.92 Å². The Morgan fingerprint density at radius 2 is 1.60 bits per heavy atom. The lowest BCUT2D eigenvalue weighted by atomic mass is 10.1. The number of hydrogen-bond acceptors (Lipinski definition) is 2. The lowest BCUT2D eigenvalue weighted by molar-refractivity contribution is -0.154. The van der Waals surface area contributed by atoms with Gasteiger partial charge in [0, 0.05) is 0 Å². The fourth-order valence-electron chi connectivity index (χ4n) is 0.499. The standard InChI is InChI=1S/C5H7ClO4/c1-2(6)3(4(7)8)5(9)10/h2-3H,1H3,(H,7,8)(H,9,10). The average Bonchev–Trinajstić information content (AvgIpc) is 1.59. The first-order chi connectivity index (χ1) is 4.46.